The molecule has 8 nitrogen and oxygen atoms in total. The molecule has 80 heavy (non-hydrogen) atoms. The zero-order chi connectivity index (χ0) is 58.2. The molecule has 0 fully saturated rings. The fourth-order valence-electron chi connectivity index (χ4n) is 11.8. The Labute approximate surface area is 474 Å². The molecule has 0 unspecified atom stereocenters. The van der Waals surface area contributed by atoms with Crippen LogP contribution in [-0.4, -0.2) is 48.9 Å². The Hall–Kier alpha value is -7.20. The first-order chi connectivity index (χ1) is 37.5. The molecular formula is C72H80O8. The SMILES string of the molecule is COc1c2cc(C(C)(C)C)cc1C(O)(c1ccccc1)c1cc(C(C)(C)C)cc(c1OC)C(O)(c1ccccc1)c1cc(C(C)(C)C)cc(c1OC)C(O)(c1ccccc1)c1cc(C(C)(C)C)cc(c1OC)C2(O)c1ccccc1. The van der Waals surface area contributed by atoms with E-state index in [4.69, 9.17) is 18.9 Å². The van der Waals surface area contributed by atoms with Crippen molar-refractivity contribution in [3.8, 4) is 23.0 Å². The van der Waals surface area contributed by atoms with E-state index in [1.54, 1.807) is 28.4 Å². The lowest BCUT2D eigenvalue weighted by atomic mass is 9.67. The highest BCUT2D eigenvalue weighted by Gasteiger charge is 2.52. The van der Waals surface area contributed by atoms with Gasteiger partial charge in [-0.3, -0.25) is 0 Å². The molecule has 0 spiro atoms. The van der Waals surface area contributed by atoms with Crippen molar-refractivity contribution in [1.29, 1.82) is 0 Å². The van der Waals surface area contributed by atoms with Crippen LogP contribution in [0.1, 0.15) is 172 Å². The van der Waals surface area contributed by atoms with Gasteiger partial charge in [-0.25, -0.2) is 0 Å². The van der Waals surface area contributed by atoms with Crippen molar-refractivity contribution in [1.82, 2.24) is 0 Å². The van der Waals surface area contributed by atoms with Gasteiger partial charge in [0.2, 0.25) is 0 Å². The summed E-state index contributed by atoms with van der Waals surface area (Å²) in [5.41, 5.74) is -3.78. The van der Waals surface area contributed by atoms with Gasteiger partial charge >= 0.3 is 0 Å². The number of fused-ring (bicyclic) bond motifs is 8. The maximum Gasteiger partial charge on any atom is 0.147 e. The highest BCUT2D eigenvalue weighted by Crippen LogP contribution is 2.59. The Morgan fingerprint density at radius 3 is 0.500 bits per heavy atom. The second-order valence-corrected chi connectivity index (χ2v) is 25.7. The molecule has 4 N–H and O–H groups in total. The number of rotatable bonds is 8. The first kappa shape index (κ1) is 57.5. The molecule has 0 radical (unpaired) electrons. The van der Waals surface area contributed by atoms with Gasteiger partial charge in [-0.05, 0) is 115 Å². The maximum atomic E-state index is 15.0. The molecule has 0 heterocycles. The molecule has 0 atom stereocenters. The Morgan fingerprint density at radius 2 is 0.388 bits per heavy atom. The van der Waals surface area contributed by atoms with Crippen LogP contribution >= 0.6 is 0 Å². The topological polar surface area (TPSA) is 118 Å². The number of aliphatic hydroxyl groups is 4. The minimum atomic E-state index is -2.17. The summed E-state index contributed by atoms with van der Waals surface area (Å²) in [6.45, 7) is 25.2. The average Bonchev–Trinajstić information content (AvgIpc) is 3.44. The molecule has 1 aliphatic rings. The van der Waals surface area contributed by atoms with Gasteiger partial charge in [0.1, 0.15) is 45.4 Å². The quantitative estimate of drug-likeness (QED) is 0.119. The third-order valence-corrected chi connectivity index (χ3v) is 16.5. The van der Waals surface area contributed by atoms with Crippen LogP contribution in [0.5, 0.6) is 23.0 Å². The lowest BCUT2D eigenvalue weighted by molar-refractivity contribution is 0.0984. The summed E-state index contributed by atoms with van der Waals surface area (Å²) in [5.74, 6) is 0.706. The molecule has 8 aromatic rings. The zero-order valence-corrected chi connectivity index (χ0v) is 49.6. The Bertz CT molecular complexity index is 2980. The van der Waals surface area contributed by atoms with Crippen molar-refractivity contribution in [3.05, 3.63) is 259 Å². The molecule has 8 heteroatoms. The van der Waals surface area contributed by atoms with Crippen LogP contribution in [0.4, 0.5) is 0 Å². The van der Waals surface area contributed by atoms with Gasteiger partial charge in [0.15, 0.2) is 0 Å². The maximum absolute atomic E-state index is 15.0. The second kappa shape index (κ2) is 20.4. The lowest BCUT2D eigenvalue weighted by Gasteiger charge is -2.43. The highest BCUT2D eigenvalue weighted by molar-refractivity contribution is 5.72. The molecule has 0 aliphatic heterocycles. The summed E-state index contributed by atoms with van der Waals surface area (Å²) in [7, 11) is 6.24. The van der Waals surface area contributed by atoms with Crippen LogP contribution in [0.2, 0.25) is 0 Å². The summed E-state index contributed by atoms with van der Waals surface area (Å²) in [4.78, 5) is 0. The predicted octanol–water partition coefficient (Wildman–Crippen LogP) is 14.4. The molecule has 0 aromatic heterocycles. The van der Waals surface area contributed by atoms with E-state index in [9.17, 15) is 0 Å². The molecule has 0 saturated carbocycles. The van der Waals surface area contributed by atoms with Crippen molar-refractivity contribution in [2.45, 2.75) is 127 Å². The van der Waals surface area contributed by atoms with Gasteiger partial charge in [0.25, 0.3) is 0 Å². The van der Waals surface area contributed by atoms with Crippen molar-refractivity contribution < 1.29 is 39.4 Å². The predicted molar refractivity (Wildman–Crippen MR) is 321 cm³/mol. The van der Waals surface area contributed by atoms with E-state index < -0.39 is 44.1 Å². The number of hydrogen-bond acceptors (Lipinski definition) is 8. The van der Waals surface area contributed by atoms with E-state index in [1.807, 2.05) is 170 Å². The molecule has 0 saturated heterocycles. The minimum Gasteiger partial charge on any atom is -0.496 e. The van der Waals surface area contributed by atoms with E-state index >= 15 is 20.4 Å². The molecule has 0 amide bonds. The first-order valence-electron chi connectivity index (χ1n) is 27.6. The zero-order valence-electron chi connectivity index (χ0n) is 49.6. The van der Waals surface area contributed by atoms with Crippen molar-refractivity contribution in [2.24, 2.45) is 0 Å². The van der Waals surface area contributed by atoms with Gasteiger partial charge in [-0.2, -0.15) is 0 Å². The van der Waals surface area contributed by atoms with Crippen molar-refractivity contribution >= 4 is 0 Å². The van der Waals surface area contributed by atoms with E-state index in [0.717, 1.165) is 22.3 Å². The third kappa shape index (κ3) is 9.28. The summed E-state index contributed by atoms with van der Waals surface area (Å²) >= 11 is 0. The fraction of sp³-hybridized carbons (Fsp3) is 0.333. The van der Waals surface area contributed by atoms with Crippen LogP contribution in [0.25, 0.3) is 0 Å². The highest BCUT2D eigenvalue weighted by atomic mass is 16.5. The standard InChI is InChI=1S/C72H80O8/c1-65(2,3)49-37-53-61(77-13)54(38-49)70(74,46-31-23-18-24-32-46)56-40-51(67(7,8)9)42-58(63(56)79-15)72(76,48-35-27-20-28-36-48)60-44-52(68(10,11)12)43-59(64(60)80-16)71(75,47-33-25-19-26-34-47)57-41-50(66(4,5)6)39-55(62(57)78-14)69(53,73)45-29-21-17-22-30-45/h17-44,73-76H,1-16H3. The average molecular weight is 1070 g/mol. The molecule has 8 bridgehead atoms. The summed E-state index contributed by atoms with van der Waals surface area (Å²) < 4.78 is 27.3. The normalized spacial score (nSPS) is 20.4. The van der Waals surface area contributed by atoms with Gasteiger partial charge in [-0.15, -0.1) is 0 Å². The summed E-state index contributed by atoms with van der Waals surface area (Å²) in [5, 5.41) is 60.1. The molecular weight excluding hydrogens is 993 g/mol. The van der Waals surface area contributed by atoms with Crippen molar-refractivity contribution in [3.63, 3.8) is 0 Å². The van der Waals surface area contributed by atoms with E-state index in [-0.39, 0.29) is 23.0 Å². The summed E-state index contributed by atoms with van der Waals surface area (Å²) in [6.07, 6.45) is 0. The first-order valence-corrected chi connectivity index (χ1v) is 27.6. The number of methoxy groups -OCH3 is 4. The number of ether oxygens (including phenoxy) is 4. The summed E-state index contributed by atoms with van der Waals surface area (Å²) in [6, 6.07) is 53.5. The lowest BCUT2D eigenvalue weighted by Crippen LogP contribution is -2.38. The molecule has 416 valence electrons. The van der Waals surface area contributed by atoms with E-state index in [0.29, 0.717) is 66.8 Å². The molecule has 1 aliphatic carbocycles. The van der Waals surface area contributed by atoms with E-state index in [1.165, 1.54) is 0 Å². The molecule has 8 aromatic carbocycles. The monoisotopic (exact) mass is 1070 g/mol. The van der Waals surface area contributed by atoms with Crippen LogP contribution in [-0.2, 0) is 44.1 Å². The van der Waals surface area contributed by atoms with Crippen LogP contribution in [0.3, 0.4) is 0 Å². The van der Waals surface area contributed by atoms with Gasteiger partial charge in [0.05, 0.1) is 28.4 Å². The van der Waals surface area contributed by atoms with Crippen LogP contribution in [0.15, 0.2) is 170 Å². The Balaban J connectivity index is 1.72. The smallest absolute Gasteiger partial charge is 0.147 e. The van der Waals surface area contributed by atoms with Gasteiger partial charge < -0.3 is 39.4 Å². The van der Waals surface area contributed by atoms with Gasteiger partial charge in [-0.1, -0.05) is 204 Å². The van der Waals surface area contributed by atoms with Crippen LogP contribution < -0.4 is 18.9 Å². The van der Waals surface area contributed by atoms with E-state index in [2.05, 4.69) is 83.1 Å². The third-order valence-electron chi connectivity index (χ3n) is 16.5. The Kier molecular flexibility index (Phi) is 14.7. The Morgan fingerprint density at radius 1 is 0.250 bits per heavy atom. The van der Waals surface area contributed by atoms with Crippen molar-refractivity contribution in [2.75, 3.05) is 28.4 Å². The fourth-order valence-corrected chi connectivity index (χ4v) is 11.8. The molecule has 9 rings (SSSR count). The minimum absolute atomic E-state index is 0.177. The van der Waals surface area contributed by atoms with Crippen LogP contribution in [0, 0.1) is 0 Å². The number of hydrogen-bond donors (Lipinski definition) is 4. The largest absolute Gasteiger partial charge is 0.496 e. The second-order valence-electron chi connectivity index (χ2n) is 25.7. The van der Waals surface area contributed by atoms with Gasteiger partial charge in [0, 0.05) is 44.5 Å². The number of benzene rings is 8.